The molecule has 0 aromatic carbocycles. The van der Waals surface area contributed by atoms with E-state index in [4.69, 9.17) is 74.2 Å². The van der Waals surface area contributed by atoms with E-state index in [1.54, 1.807) is 0 Å². The molecule has 7 N–H and O–H groups in total. The molecule has 24 heavy (non-hydrogen) atoms. The molecule has 24 heteroatoms. The van der Waals surface area contributed by atoms with Gasteiger partial charge >= 0.3 is 65.2 Å². The van der Waals surface area contributed by atoms with E-state index in [1.165, 1.54) is 0 Å². The fourth-order valence-electron chi connectivity index (χ4n) is 0. The number of hydrogen-bond donors (Lipinski definition) is 7. The summed E-state index contributed by atoms with van der Waals surface area (Å²) in [6.45, 7) is 0. The van der Waals surface area contributed by atoms with Gasteiger partial charge < -0.3 is 25.2 Å². The maximum Gasteiger partial charge on any atom is 0.433 e. The minimum atomic E-state index is -4.61. The highest BCUT2D eigenvalue weighted by atomic mass is 80.0. The van der Waals surface area contributed by atoms with E-state index in [0.29, 0.717) is 0 Å². The van der Waals surface area contributed by atoms with Crippen LogP contribution in [0.1, 0.15) is 0 Å². The van der Waals surface area contributed by atoms with Gasteiger partial charge in [0, 0.05) is 0 Å². The zero-order chi connectivity index (χ0) is 21.1. The van der Waals surface area contributed by atoms with Crippen LogP contribution in [0.5, 0.6) is 0 Å². The van der Waals surface area contributed by atoms with Crippen LogP contribution in [0.2, 0.25) is 0 Å². The highest BCUT2D eigenvalue weighted by Crippen LogP contribution is 1.74. The number of halogens is 3. The molecule has 0 aromatic heterocycles. The van der Waals surface area contributed by atoms with Gasteiger partial charge in [-0.3, -0.25) is 9.11 Å². The molecule has 0 unspecified atom stereocenters. The Kier molecular flexibility index (Phi) is 32.5. The molecule has 154 valence electrons. The van der Waals surface area contributed by atoms with Crippen LogP contribution in [0.4, 0.5) is 0 Å². The third-order valence-corrected chi connectivity index (χ3v) is 0.565. The first kappa shape index (κ1) is 35.8. The third kappa shape index (κ3) is 237. The Morgan fingerprint density at radius 2 is 0.625 bits per heavy atom. The van der Waals surface area contributed by atoms with Gasteiger partial charge in [0.05, 0.1) is 0 Å². The summed E-state index contributed by atoms with van der Waals surface area (Å²) >= 11 is -10.2. The minimum absolute atomic E-state index is 2.47. The maximum absolute atomic E-state index is 9.08. The average Bonchev–Trinajstić information content (AvgIpc) is 2.25. The highest BCUT2D eigenvalue weighted by molar-refractivity contribution is 7.81. The molecule has 0 saturated heterocycles. The van der Waals surface area contributed by atoms with Gasteiger partial charge in [-0.05, 0) is 12.6 Å². The van der Waals surface area contributed by atoms with Gasteiger partial charge in [-0.1, -0.05) is 8.67 Å². The first-order valence-electron chi connectivity index (χ1n) is 3.16. The van der Waals surface area contributed by atoms with Crippen molar-refractivity contribution in [2.45, 2.75) is 0 Å². The van der Waals surface area contributed by atoms with Crippen LogP contribution in [0.3, 0.4) is 0 Å². The second-order valence-electron chi connectivity index (χ2n) is 1.61. The van der Waals surface area contributed by atoms with E-state index in [9.17, 15) is 0 Å². The van der Waals surface area contributed by atoms with Crippen LogP contribution in [-0.2, 0) is 29.5 Å². The van der Waals surface area contributed by atoms with E-state index in [2.05, 4.69) is 8.67 Å². The van der Waals surface area contributed by atoms with Crippen LogP contribution in [0.15, 0.2) is 0 Å². The monoisotopic (exact) mass is 612 g/mol. The van der Waals surface area contributed by atoms with E-state index in [1.807, 2.05) is 0 Å². The lowest BCUT2D eigenvalue weighted by molar-refractivity contribution is -1.63. The summed E-state index contributed by atoms with van der Waals surface area (Å²) in [4.78, 5) is 0. The van der Waals surface area contributed by atoms with Crippen molar-refractivity contribution >= 4 is 20.8 Å². The maximum atomic E-state index is 9.08. The molecule has 0 fully saturated rings. The predicted octanol–water partition coefficient (Wildman–Crippen LogP) is -10.2. The van der Waals surface area contributed by atoms with Crippen molar-refractivity contribution < 1.29 is 127 Å². The molecule has 0 spiro atoms. The normalized spacial score (nSPS) is 10.3. The van der Waals surface area contributed by atoms with Gasteiger partial charge in [0.25, 0.3) is 0 Å². The van der Waals surface area contributed by atoms with Gasteiger partial charge in [0.2, 0.25) is 0 Å². The lowest BCUT2D eigenvalue weighted by atomic mass is 15.0. The summed E-state index contributed by atoms with van der Waals surface area (Å²) in [6.07, 6.45) is 0. The summed E-state index contributed by atoms with van der Waals surface area (Å²) in [5.41, 5.74) is 0. The molecule has 0 aliphatic carbocycles. The summed E-state index contributed by atoms with van der Waals surface area (Å²) in [5, 5.41) is 14.1. The SMILES string of the molecule is O=S(=O)(O)OO.O=S(=O)(O)OO.[O-][Br+2]([O-])O.[O-][Br+2]([O-])O.[O-][Br+2]([O-])O. The largest absolute Gasteiger partial charge is 0.433 e. The zero-order valence-corrected chi connectivity index (χ0v) is 16.4. The highest BCUT2D eigenvalue weighted by Gasteiger charge is 1.97. The second kappa shape index (κ2) is 21.8. The summed E-state index contributed by atoms with van der Waals surface area (Å²) < 4.78 is 129. The fourth-order valence-corrected chi connectivity index (χ4v) is 0. The minimum Gasteiger partial charge on any atom is -0.372 e. The zero-order valence-electron chi connectivity index (χ0n) is 9.98. The molecule has 0 bridgehead atoms. The molecule has 0 atom stereocenters. The Balaban J connectivity index is -0.0000000637. The molecular formula is H7Br3O19S2. The second-order valence-corrected chi connectivity index (χ2v) is 6.15. The molecule has 0 saturated carbocycles. The van der Waals surface area contributed by atoms with Gasteiger partial charge in [-0.25, -0.2) is 10.5 Å². The molecule has 0 heterocycles. The van der Waals surface area contributed by atoms with Gasteiger partial charge in [0.15, 0.2) is 0 Å². The van der Waals surface area contributed by atoms with Gasteiger partial charge in [-0.2, -0.15) is 16.8 Å². The van der Waals surface area contributed by atoms with E-state index < -0.39 is 65.2 Å². The van der Waals surface area contributed by atoms with Crippen LogP contribution in [-0.4, -0.2) is 49.0 Å². The molecule has 0 aliphatic heterocycles. The van der Waals surface area contributed by atoms with E-state index in [0.717, 1.165) is 0 Å². The lowest BCUT2D eigenvalue weighted by Gasteiger charge is -1.79. The summed E-state index contributed by atoms with van der Waals surface area (Å²) in [6, 6.07) is 0. The Morgan fingerprint density at radius 3 is 0.625 bits per heavy atom. The molecule has 0 aromatic rings. The summed E-state index contributed by atoms with van der Waals surface area (Å²) in [5.74, 6) is 0. The van der Waals surface area contributed by atoms with Crippen LogP contribution in [0, 0.1) is 44.4 Å². The Bertz CT molecular complexity index is 349. The Hall–Kier alpha value is 0.740. The van der Waals surface area contributed by atoms with Crippen molar-refractivity contribution in [2.24, 2.45) is 0 Å². The van der Waals surface area contributed by atoms with Gasteiger partial charge in [-0.15, -0.1) is 0 Å². The summed E-state index contributed by atoms with van der Waals surface area (Å²) in [7, 11) is -9.21. The van der Waals surface area contributed by atoms with Gasteiger partial charge in [0.1, 0.15) is 0 Å². The average molecular weight is 615 g/mol. The van der Waals surface area contributed by atoms with Crippen molar-refractivity contribution in [3.8, 4) is 0 Å². The topological polar surface area (TPSA) is 367 Å². The number of rotatable bonds is 2. The quantitative estimate of drug-likeness (QED) is 0.0861. The molecule has 19 nitrogen and oxygen atoms in total. The Morgan fingerprint density at radius 1 is 0.583 bits per heavy atom. The molecule has 0 rings (SSSR count). The smallest absolute Gasteiger partial charge is 0.372 e. The van der Waals surface area contributed by atoms with E-state index in [-0.39, 0.29) is 0 Å². The van der Waals surface area contributed by atoms with Crippen molar-refractivity contribution in [1.82, 2.24) is 0 Å². The van der Waals surface area contributed by atoms with Crippen LogP contribution >= 0.6 is 0 Å². The van der Waals surface area contributed by atoms with Crippen molar-refractivity contribution in [3.05, 3.63) is 0 Å². The van der Waals surface area contributed by atoms with Crippen molar-refractivity contribution in [2.75, 3.05) is 0 Å². The standard InChI is InChI=1S/3BrHO3.2H2O5S/c3*2-1(3)4;2*1-5-6(2,3)4/h3*2H;2*1H,(H,2,3,4). The molecule has 0 amide bonds. The molecular weight excluding hydrogens is 608 g/mol. The Labute approximate surface area is 148 Å². The first-order valence-corrected chi connectivity index (χ1v) is 11.9. The van der Waals surface area contributed by atoms with Crippen LogP contribution in [0.25, 0.3) is 0 Å². The van der Waals surface area contributed by atoms with Crippen LogP contribution < -0.4 is 25.2 Å². The lowest BCUT2D eigenvalue weighted by Crippen LogP contribution is -2.30. The number of hydrogen-bond acceptors (Lipinski definition) is 17. The fraction of sp³-hybridized carbons (Fsp3) is 0. The van der Waals surface area contributed by atoms with Crippen molar-refractivity contribution in [3.63, 3.8) is 0 Å². The molecule has 0 aliphatic rings. The predicted molar refractivity (Wildman–Crippen MR) is 37.2 cm³/mol. The van der Waals surface area contributed by atoms with E-state index >= 15 is 0 Å². The third-order valence-electron chi connectivity index (χ3n) is 0.188. The first-order chi connectivity index (χ1) is 10.3. The molecule has 0 radical (unpaired) electrons. The van der Waals surface area contributed by atoms with Crippen molar-refractivity contribution in [1.29, 1.82) is 0 Å².